The van der Waals surface area contributed by atoms with Crippen LogP contribution in [0.4, 0.5) is 4.39 Å². The molecule has 0 spiro atoms. The third kappa shape index (κ3) is 6.75. The van der Waals surface area contributed by atoms with E-state index in [0.29, 0.717) is 36.9 Å². The van der Waals surface area contributed by atoms with Gasteiger partial charge in [0.15, 0.2) is 0 Å². The zero-order valence-electron chi connectivity index (χ0n) is 18.9. The third-order valence-electron chi connectivity index (χ3n) is 5.70. The minimum atomic E-state index is -0.330. The number of thiophene rings is 1. The Bertz CT molecular complexity index is 1030. The molecule has 0 unspecified atom stereocenters. The third-order valence-corrected chi connectivity index (χ3v) is 6.56. The molecule has 0 radical (unpaired) electrons. The van der Waals surface area contributed by atoms with Crippen LogP contribution in [0.25, 0.3) is 0 Å². The van der Waals surface area contributed by atoms with E-state index >= 15 is 0 Å². The van der Waals surface area contributed by atoms with E-state index in [4.69, 9.17) is 9.15 Å². The molecule has 1 saturated heterocycles. The molecule has 0 saturated carbocycles. The molecule has 7 nitrogen and oxygen atoms in total. The zero-order chi connectivity index (χ0) is 23.8. The summed E-state index contributed by atoms with van der Waals surface area (Å²) >= 11 is 1.36. The Kier molecular flexibility index (Phi) is 8.46. The molecule has 1 fully saturated rings. The van der Waals surface area contributed by atoms with E-state index in [2.05, 4.69) is 4.90 Å². The summed E-state index contributed by atoms with van der Waals surface area (Å²) in [5, 5.41) is 1.85. The van der Waals surface area contributed by atoms with Crippen molar-refractivity contribution in [1.82, 2.24) is 14.7 Å². The Hall–Kier alpha value is -3.01. The van der Waals surface area contributed by atoms with Crippen LogP contribution in [-0.4, -0.2) is 72.5 Å². The summed E-state index contributed by atoms with van der Waals surface area (Å²) in [6.45, 7) is 4.56. The number of nitrogens with zero attached hydrogens (tertiary/aromatic N) is 3. The highest BCUT2D eigenvalue weighted by Crippen LogP contribution is 2.15. The molecule has 3 heterocycles. The van der Waals surface area contributed by atoms with Gasteiger partial charge in [-0.25, -0.2) is 4.39 Å². The molecule has 34 heavy (non-hydrogen) atoms. The quantitative estimate of drug-likeness (QED) is 0.440. The maximum absolute atomic E-state index is 13.5. The minimum Gasteiger partial charge on any atom is -0.467 e. The molecule has 1 aromatic carbocycles. The number of amides is 2. The van der Waals surface area contributed by atoms with Crippen LogP contribution in [0.1, 0.15) is 21.0 Å². The monoisotopic (exact) mass is 485 g/mol. The van der Waals surface area contributed by atoms with Crippen molar-refractivity contribution in [2.75, 3.05) is 45.9 Å². The fraction of sp³-hybridized carbons (Fsp3) is 0.360. The first kappa shape index (κ1) is 24.1. The number of benzene rings is 1. The van der Waals surface area contributed by atoms with Crippen LogP contribution in [0.2, 0.25) is 0 Å². The van der Waals surface area contributed by atoms with Crippen molar-refractivity contribution in [3.05, 3.63) is 82.2 Å². The fourth-order valence-corrected chi connectivity index (χ4v) is 4.48. The lowest BCUT2D eigenvalue weighted by atomic mass is 10.2. The second-order valence-electron chi connectivity index (χ2n) is 8.11. The van der Waals surface area contributed by atoms with Gasteiger partial charge in [-0.3, -0.25) is 14.5 Å². The Morgan fingerprint density at radius 2 is 1.79 bits per heavy atom. The Morgan fingerprint density at radius 1 is 1.00 bits per heavy atom. The number of halogens is 1. The number of ether oxygens (including phenoxy) is 1. The molecule has 0 aliphatic carbocycles. The van der Waals surface area contributed by atoms with Crippen LogP contribution in [0.15, 0.2) is 64.6 Å². The molecule has 0 bridgehead atoms. The molecule has 0 atom stereocenters. The van der Waals surface area contributed by atoms with Crippen LogP contribution in [0.5, 0.6) is 0 Å². The largest absolute Gasteiger partial charge is 0.467 e. The van der Waals surface area contributed by atoms with Gasteiger partial charge in [0.05, 0.1) is 30.9 Å². The summed E-state index contributed by atoms with van der Waals surface area (Å²) in [5.74, 6) is -0.0487. The van der Waals surface area contributed by atoms with E-state index in [9.17, 15) is 14.0 Å². The van der Waals surface area contributed by atoms with E-state index < -0.39 is 0 Å². The first-order chi connectivity index (χ1) is 16.6. The highest BCUT2D eigenvalue weighted by molar-refractivity contribution is 7.12. The average molecular weight is 486 g/mol. The van der Waals surface area contributed by atoms with Gasteiger partial charge >= 0.3 is 0 Å². The molecular formula is C25H28FN3O4S. The number of hydrogen-bond donors (Lipinski definition) is 0. The maximum atomic E-state index is 13.5. The number of morpholine rings is 1. The van der Waals surface area contributed by atoms with E-state index in [1.54, 1.807) is 46.4 Å². The van der Waals surface area contributed by atoms with Crippen molar-refractivity contribution in [1.29, 1.82) is 0 Å². The molecule has 2 amide bonds. The summed E-state index contributed by atoms with van der Waals surface area (Å²) in [5.41, 5.74) is 0.797. The van der Waals surface area contributed by atoms with Crippen molar-refractivity contribution < 1.29 is 23.1 Å². The summed E-state index contributed by atoms with van der Waals surface area (Å²) in [6.07, 6.45) is 1.56. The van der Waals surface area contributed by atoms with Gasteiger partial charge in [-0.05, 0) is 41.3 Å². The number of rotatable bonds is 10. The highest BCUT2D eigenvalue weighted by Gasteiger charge is 2.25. The Balaban J connectivity index is 1.48. The molecule has 9 heteroatoms. The predicted octanol–water partition coefficient (Wildman–Crippen LogP) is 3.48. The maximum Gasteiger partial charge on any atom is 0.264 e. The van der Waals surface area contributed by atoms with Gasteiger partial charge in [0.2, 0.25) is 5.91 Å². The Morgan fingerprint density at radius 3 is 2.47 bits per heavy atom. The molecule has 1 aliphatic rings. The van der Waals surface area contributed by atoms with Crippen LogP contribution in [0, 0.1) is 5.82 Å². The molecule has 180 valence electrons. The van der Waals surface area contributed by atoms with Crippen LogP contribution < -0.4 is 0 Å². The number of carbonyl (C=O) groups excluding carboxylic acids is 2. The molecule has 4 rings (SSSR count). The van der Waals surface area contributed by atoms with Gasteiger partial charge in [-0.1, -0.05) is 18.2 Å². The van der Waals surface area contributed by atoms with Gasteiger partial charge in [-0.15, -0.1) is 11.3 Å². The van der Waals surface area contributed by atoms with Crippen LogP contribution in [0.3, 0.4) is 0 Å². The van der Waals surface area contributed by atoms with Crippen LogP contribution in [-0.2, 0) is 22.6 Å². The van der Waals surface area contributed by atoms with Crippen molar-refractivity contribution in [3.8, 4) is 0 Å². The number of carbonyl (C=O) groups is 2. The zero-order valence-corrected chi connectivity index (χ0v) is 19.7. The van der Waals surface area contributed by atoms with Crippen molar-refractivity contribution in [3.63, 3.8) is 0 Å². The van der Waals surface area contributed by atoms with Gasteiger partial charge < -0.3 is 19.0 Å². The molecular weight excluding hydrogens is 457 g/mol. The van der Waals surface area contributed by atoms with E-state index in [-0.39, 0.29) is 37.3 Å². The van der Waals surface area contributed by atoms with Gasteiger partial charge in [0.25, 0.3) is 5.91 Å². The SMILES string of the molecule is O=C(CN(CCN1CCOCC1)C(=O)c1cccs1)N(Cc1ccc(F)cc1)Cc1ccco1. The minimum absolute atomic E-state index is 0.0526. The second-order valence-corrected chi connectivity index (χ2v) is 9.06. The van der Waals surface area contributed by atoms with E-state index in [0.717, 1.165) is 18.7 Å². The Labute approximate surface area is 202 Å². The smallest absolute Gasteiger partial charge is 0.264 e. The summed E-state index contributed by atoms with van der Waals surface area (Å²) in [7, 11) is 0. The van der Waals surface area contributed by atoms with Crippen molar-refractivity contribution >= 4 is 23.2 Å². The van der Waals surface area contributed by atoms with Gasteiger partial charge in [0.1, 0.15) is 18.1 Å². The molecule has 3 aromatic rings. The van der Waals surface area contributed by atoms with Crippen molar-refractivity contribution in [2.45, 2.75) is 13.1 Å². The molecule has 1 aliphatic heterocycles. The first-order valence-electron chi connectivity index (χ1n) is 11.3. The fourth-order valence-electron chi connectivity index (χ4n) is 3.79. The lowest BCUT2D eigenvalue weighted by Gasteiger charge is -2.31. The van der Waals surface area contributed by atoms with E-state index in [1.807, 2.05) is 11.4 Å². The molecule has 2 aromatic heterocycles. The lowest BCUT2D eigenvalue weighted by Crippen LogP contribution is -2.46. The first-order valence-corrected chi connectivity index (χ1v) is 12.1. The van der Waals surface area contributed by atoms with E-state index in [1.165, 1.54) is 23.5 Å². The average Bonchev–Trinajstić information content (AvgIpc) is 3.57. The normalized spacial score (nSPS) is 14.1. The topological polar surface area (TPSA) is 66.2 Å². The van der Waals surface area contributed by atoms with Gasteiger partial charge in [-0.2, -0.15) is 0 Å². The standard InChI is InChI=1S/C25H28FN3O4S/c26-21-7-5-20(6-8-21)17-29(18-22-3-1-13-33-22)24(30)19-28(25(31)23-4-2-16-34-23)10-9-27-11-14-32-15-12-27/h1-8,13,16H,9-12,14-15,17-19H2. The summed E-state index contributed by atoms with van der Waals surface area (Å²) < 4.78 is 24.2. The highest BCUT2D eigenvalue weighted by atomic mass is 32.1. The predicted molar refractivity (Wildman–Crippen MR) is 127 cm³/mol. The van der Waals surface area contributed by atoms with Crippen molar-refractivity contribution in [2.24, 2.45) is 0 Å². The summed E-state index contributed by atoms with van der Waals surface area (Å²) in [4.78, 5) is 32.8. The number of hydrogen-bond acceptors (Lipinski definition) is 6. The lowest BCUT2D eigenvalue weighted by molar-refractivity contribution is -0.133. The number of furan rings is 1. The summed E-state index contributed by atoms with van der Waals surface area (Å²) in [6, 6.07) is 13.2. The molecule has 0 N–H and O–H groups in total. The van der Waals surface area contributed by atoms with Gasteiger partial charge in [0, 0.05) is 32.7 Å². The second kappa shape index (κ2) is 11.9. The van der Waals surface area contributed by atoms with Crippen LogP contribution >= 0.6 is 11.3 Å².